The summed E-state index contributed by atoms with van der Waals surface area (Å²) in [6.07, 6.45) is 6.84. The number of sulfone groups is 1. The van der Waals surface area contributed by atoms with Crippen molar-refractivity contribution in [3.05, 3.63) is 47.4 Å². The molecule has 3 aromatic heterocycles. The average molecular weight is 568 g/mol. The second-order valence-corrected chi connectivity index (χ2v) is 13.9. The van der Waals surface area contributed by atoms with Gasteiger partial charge < -0.3 is 25.3 Å². The second kappa shape index (κ2) is 9.35. The summed E-state index contributed by atoms with van der Waals surface area (Å²) in [7, 11) is -1.51. The van der Waals surface area contributed by atoms with Gasteiger partial charge in [0.1, 0.15) is 23.8 Å². The molecular weight excluding hydrogens is 534 g/mol. The highest BCUT2D eigenvalue weighted by Gasteiger charge is 2.56. The lowest BCUT2D eigenvalue weighted by molar-refractivity contribution is 0.0183. The highest BCUT2D eigenvalue weighted by Crippen LogP contribution is 2.54. The van der Waals surface area contributed by atoms with Gasteiger partial charge >= 0.3 is 5.97 Å². The summed E-state index contributed by atoms with van der Waals surface area (Å²) in [5.41, 5.74) is 7.59. The zero-order valence-electron chi connectivity index (χ0n) is 22.9. The number of carbonyl (C=O) groups is 1. The Labute approximate surface area is 232 Å². The van der Waals surface area contributed by atoms with Gasteiger partial charge in [-0.3, -0.25) is 0 Å². The Kier molecular flexibility index (Phi) is 6.28. The zero-order valence-corrected chi connectivity index (χ0v) is 23.7. The first kappa shape index (κ1) is 26.9. The van der Waals surface area contributed by atoms with Crippen molar-refractivity contribution in [1.82, 2.24) is 15.0 Å². The fraction of sp³-hybridized carbons (Fsp3) is 0.500. The number of nitrogens with zero attached hydrogens (tertiary/aromatic N) is 3. The molecule has 2 saturated carbocycles. The summed E-state index contributed by atoms with van der Waals surface area (Å²) in [4.78, 5) is 26.4. The molecule has 12 heteroatoms. The van der Waals surface area contributed by atoms with E-state index in [0.717, 1.165) is 29.5 Å². The Balaban J connectivity index is 1.34. The van der Waals surface area contributed by atoms with E-state index in [2.05, 4.69) is 15.3 Å². The molecule has 2 aliphatic carbocycles. The van der Waals surface area contributed by atoms with E-state index in [9.17, 15) is 13.2 Å². The minimum absolute atomic E-state index is 0.214. The van der Waals surface area contributed by atoms with Gasteiger partial charge in [-0.2, -0.15) is 0 Å². The van der Waals surface area contributed by atoms with E-state index in [-0.39, 0.29) is 30.2 Å². The van der Waals surface area contributed by atoms with Gasteiger partial charge in [0.05, 0.1) is 39.5 Å². The molecule has 0 saturated heterocycles. The predicted molar refractivity (Wildman–Crippen MR) is 149 cm³/mol. The van der Waals surface area contributed by atoms with Crippen LogP contribution in [-0.4, -0.2) is 66.8 Å². The smallest absolute Gasteiger partial charge is 0.340 e. The van der Waals surface area contributed by atoms with Gasteiger partial charge in [-0.1, -0.05) is 0 Å². The van der Waals surface area contributed by atoms with Crippen molar-refractivity contribution in [2.24, 2.45) is 5.73 Å². The number of anilines is 2. The Bertz CT molecular complexity index is 1610. The first-order valence-electron chi connectivity index (χ1n) is 13.3. The molecule has 2 atom stereocenters. The molecule has 11 nitrogen and oxygen atoms in total. The predicted octanol–water partition coefficient (Wildman–Crippen LogP) is 3.13. The van der Waals surface area contributed by atoms with E-state index >= 15 is 0 Å². The number of aromatic nitrogens is 3. The monoisotopic (exact) mass is 567 g/mol. The van der Waals surface area contributed by atoms with Crippen LogP contribution < -0.4 is 15.8 Å². The number of nitrogens with two attached hydrogens (primary N) is 1. The van der Waals surface area contributed by atoms with Crippen molar-refractivity contribution in [2.75, 3.05) is 25.3 Å². The average Bonchev–Trinajstić information content (AvgIpc) is 3.66. The number of methoxy groups -OCH3 is 1. The van der Waals surface area contributed by atoms with E-state index in [1.165, 1.54) is 6.26 Å². The molecule has 40 heavy (non-hydrogen) atoms. The first-order valence-corrected chi connectivity index (χ1v) is 15.3. The molecule has 212 valence electrons. The summed E-state index contributed by atoms with van der Waals surface area (Å²) in [5.74, 6) is 1.13. The van der Waals surface area contributed by atoms with E-state index < -0.39 is 20.6 Å². The number of hydrogen-bond acceptors (Lipinski definition) is 11. The number of rotatable bonds is 8. The quantitative estimate of drug-likeness (QED) is 0.386. The van der Waals surface area contributed by atoms with Gasteiger partial charge in [0, 0.05) is 44.2 Å². The van der Waals surface area contributed by atoms with E-state index in [0.29, 0.717) is 41.3 Å². The lowest BCUT2D eigenvalue weighted by atomic mass is 9.89. The standard InChI is InChI=1S/C28H33N5O6S/c1-15-28(7-8-28)24-18(26(34)38-15)5-6-22(33-24)32-23-11-19-20(12-30-23)25(31-13-21(19)27(2,29)14-37-3)39-16-9-17(10-16)40(4,35)36/h5-6,11-13,15-17H,7-10,14,29H2,1-4H3,(H,30,32,33)/t15-,16?,17?,27+/m0/s1. The summed E-state index contributed by atoms with van der Waals surface area (Å²) in [6.45, 7) is 4.05. The van der Waals surface area contributed by atoms with Gasteiger partial charge in [0.25, 0.3) is 0 Å². The molecule has 3 aliphatic rings. The minimum Gasteiger partial charge on any atom is -0.474 e. The third kappa shape index (κ3) is 4.57. The van der Waals surface area contributed by atoms with Crippen LogP contribution in [0.5, 0.6) is 5.88 Å². The Morgan fingerprint density at radius 1 is 1.18 bits per heavy atom. The van der Waals surface area contributed by atoms with Crippen molar-refractivity contribution in [1.29, 1.82) is 0 Å². The third-order valence-electron chi connectivity index (χ3n) is 8.42. The van der Waals surface area contributed by atoms with Crippen LogP contribution in [-0.2, 0) is 30.3 Å². The number of cyclic esters (lactones) is 1. The van der Waals surface area contributed by atoms with E-state index in [1.54, 1.807) is 31.6 Å². The normalized spacial score (nSPS) is 24.5. The maximum absolute atomic E-state index is 12.4. The number of ether oxygens (including phenoxy) is 3. The van der Waals surface area contributed by atoms with Crippen molar-refractivity contribution in [2.45, 2.75) is 67.9 Å². The molecule has 1 spiro atoms. The largest absolute Gasteiger partial charge is 0.474 e. The van der Waals surface area contributed by atoms with Crippen LogP contribution >= 0.6 is 0 Å². The SMILES string of the molecule is COC[C@@](C)(N)c1cnc(OC2CC(S(C)(=O)=O)C2)c2cnc(Nc3ccc4c(n3)C3(CC3)[C@H](C)OC4=O)cc12. The molecule has 0 aromatic carbocycles. The molecule has 1 aliphatic heterocycles. The molecule has 6 rings (SSSR count). The molecule has 3 N–H and O–H groups in total. The third-order valence-corrected chi connectivity index (χ3v) is 10.0. The summed E-state index contributed by atoms with van der Waals surface area (Å²) < 4.78 is 40.7. The Hall–Kier alpha value is -3.35. The minimum atomic E-state index is -3.10. The molecule has 2 fully saturated rings. The van der Waals surface area contributed by atoms with Crippen molar-refractivity contribution in [3.8, 4) is 5.88 Å². The Morgan fingerprint density at radius 3 is 2.60 bits per heavy atom. The number of nitrogens with one attached hydrogen (secondary N) is 1. The highest BCUT2D eigenvalue weighted by atomic mass is 32.2. The summed E-state index contributed by atoms with van der Waals surface area (Å²) in [5, 5.41) is 4.32. The lowest BCUT2D eigenvalue weighted by Crippen LogP contribution is -2.42. The molecule has 0 bridgehead atoms. The molecule has 4 heterocycles. The number of fused-ring (bicyclic) bond motifs is 3. The maximum Gasteiger partial charge on any atom is 0.340 e. The number of hydrogen-bond donors (Lipinski definition) is 2. The van der Waals surface area contributed by atoms with Crippen LogP contribution in [0.3, 0.4) is 0 Å². The number of carbonyl (C=O) groups excluding carboxylic acids is 1. The molecule has 3 aromatic rings. The van der Waals surface area contributed by atoms with Crippen LogP contribution in [0.25, 0.3) is 10.8 Å². The second-order valence-electron chi connectivity index (χ2n) is 11.5. The van der Waals surface area contributed by atoms with Crippen LogP contribution in [0.4, 0.5) is 11.6 Å². The van der Waals surface area contributed by atoms with E-state index in [1.807, 2.05) is 19.9 Å². The number of esters is 1. The molecule has 0 amide bonds. The maximum atomic E-state index is 12.4. The highest BCUT2D eigenvalue weighted by molar-refractivity contribution is 7.91. The Morgan fingerprint density at radius 2 is 1.93 bits per heavy atom. The van der Waals surface area contributed by atoms with Crippen LogP contribution in [0, 0.1) is 0 Å². The van der Waals surface area contributed by atoms with Crippen LogP contribution in [0.15, 0.2) is 30.6 Å². The van der Waals surface area contributed by atoms with Crippen molar-refractivity contribution in [3.63, 3.8) is 0 Å². The zero-order chi connectivity index (χ0) is 28.4. The molecule has 0 unspecified atom stereocenters. The topological polar surface area (TPSA) is 156 Å². The van der Waals surface area contributed by atoms with Gasteiger partial charge in [0.2, 0.25) is 5.88 Å². The van der Waals surface area contributed by atoms with E-state index in [4.69, 9.17) is 24.9 Å². The fourth-order valence-electron chi connectivity index (χ4n) is 5.74. The van der Waals surface area contributed by atoms with Crippen molar-refractivity contribution < 1.29 is 27.4 Å². The summed E-state index contributed by atoms with van der Waals surface area (Å²) in [6, 6.07) is 5.36. The molecule has 0 radical (unpaired) electrons. The van der Waals surface area contributed by atoms with Crippen LogP contribution in [0.1, 0.15) is 61.1 Å². The number of pyridine rings is 3. The van der Waals surface area contributed by atoms with Gasteiger partial charge in [0.15, 0.2) is 9.84 Å². The molecular formula is C28H33N5O6S. The fourth-order valence-corrected chi connectivity index (χ4v) is 6.87. The lowest BCUT2D eigenvalue weighted by Gasteiger charge is -2.34. The summed E-state index contributed by atoms with van der Waals surface area (Å²) >= 11 is 0. The van der Waals surface area contributed by atoms with Crippen LogP contribution in [0.2, 0.25) is 0 Å². The van der Waals surface area contributed by atoms with Gasteiger partial charge in [-0.05, 0) is 50.3 Å². The first-order chi connectivity index (χ1) is 18.9. The van der Waals surface area contributed by atoms with Gasteiger partial charge in [-0.25, -0.2) is 28.2 Å². The van der Waals surface area contributed by atoms with Gasteiger partial charge in [-0.15, -0.1) is 0 Å². The van der Waals surface area contributed by atoms with Crippen molar-refractivity contribution >= 4 is 38.2 Å².